The maximum Gasteiger partial charge on any atom is 0.145 e. The van der Waals surface area contributed by atoms with Crippen molar-refractivity contribution in [3.05, 3.63) is 11.9 Å². The third-order valence-electron chi connectivity index (χ3n) is 3.85. The highest BCUT2D eigenvalue weighted by molar-refractivity contribution is 5.47. The number of hydrazine groups is 1. The summed E-state index contributed by atoms with van der Waals surface area (Å²) in [4.78, 5) is 11.3. The Morgan fingerprint density at radius 2 is 2.05 bits per heavy atom. The van der Waals surface area contributed by atoms with E-state index in [1.165, 1.54) is 0 Å². The molecular weight excluding hydrogens is 252 g/mol. The summed E-state index contributed by atoms with van der Waals surface area (Å²) in [6, 6.07) is 2.32. The van der Waals surface area contributed by atoms with Crippen LogP contribution in [0.1, 0.15) is 38.9 Å². The van der Waals surface area contributed by atoms with Crippen LogP contribution in [0.4, 0.5) is 11.6 Å². The van der Waals surface area contributed by atoms with Gasteiger partial charge in [-0.15, -0.1) is 0 Å². The average Bonchev–Trinajstić information content (AvgIpc) is 2.41. The number of likely N-dealkylation sites (tertiary alicyclic amines) is 1. The zero-order chi connectivity index (χ0) is 14.7. The molecule has 0 bridgehead atoms. The predicted molar refractivity (Wildman–Crippen MR) is 82.6 cm³/mol. The van der Waals surface area contributed by atoms with Gasteiger partial charge in [-0.1, -0.05) is 20.8 Å². The van der Waals surface area contributed by atoms with Gasteiger partial charge in [0.25, 0.3) is 0 Å². The summed E-state index contributed by atoms with van der Waals surface area (Å²) in [6.07, 6.45) is 1.13. The molecule has 112 valence electrons. The van der Waals surface area contributed by atoms with Crippen LogP contribution in [0.15, 0.2) is 6.07 Å². The minimum absolute atomic E-state index is 0.277. The maximum atomic E-state index is 5.49. The molecule has 4 N–H and O–H groups in total. The zero-order valence-corrected chi connectivity index (χ0v) is 12.8. The van der Waals surface area contributed by atoms with Gasteiger partial charge < -0.3 is 15.6 Å². The molecule has 0 amide bonds. The van der Waals surface area contributed by atoms with Crippen molar-refractivity contribution in [2.75, 3.05) is 30.9 Å². The van der Waals surface area contributed by atoms with Crippen LogP contribution in [0.3, 0.4) is 0 Å². The first-order valence-electron chi connectivity index (χ1n) is 7.30. The molecule has 2 atom stereocenters. The van der Waals surface area contributed by atoms with E-state index in [1.807, 2.05) is 6.07 Å². The van der Waals surface area contributed by atoms with Gasteiger partial charge in [-0.2, -0.15) is 0 Å². The molecule has 1 aromatic heterocycles. The number of rotatable bonds is 4. The number of piperidine rings is 1. The quantitative estimate of drug-likeness (QED) is 0.574. The standard InChI is InChI=1S/C14H26N6/c1-9(2)14-17-12(7-13(18-14)19-15)16-11-5-6-20(4)8-10(11)3/h7,9-11H,5-6,8,15H2,1-4H3,(H2,16,17,18,19). The highest BCUT2D eigenvalue weighted by atomic mass is 15.3. The Morgan fingerprint density at radius 3 is 2.65 bits per heavy atom. The van der Waals surface area contributed by atoms with Crippen LogP contribution in [-0.2, 0) is 0 Å². The third kappa shape index (κ3) is 3.58. The Bertz CT molecular complexity index is 447. The fourth-order valence-electron chi connectivity index (χ4n) is 2.63. The molecule has 2 unspecified atom stereocenters. The van der Waals surface area contributed by atoms with Crippen molar-refractivity contribution in [2.45, 2.75) is 39.2 Å². The number of nitrogens with two attached hydrogens (primary N) is 1. The second-order valence-corrected chi connectivity index (χ2v) is 6.07. The lowest BCUT2D eigenvalue weighted by Crippen LogP contribution is -2.43. The summed E-state index contributed by atoms with van der Waals surface area (Å²) >= 11 is 0. The second kappa shape index (κ2) is 6.37. The summed E-state index contributed by atoms with van der Waals surface area (Å²) in [7, 11) is 2.17. The molecule has 2 heterocycles. The Morgan fingerprint density at radius 1 is 1.35 bits per heavy atom. The lowest BCUT2D eigenvalue weighted by atomic mass is 9.94. The number of nitrogens with zero attached hydrogens (tertiary/aromatic N) is 3. The van der Waals surface area contributed by atoms with Gasteiger partial charge in [0.15, 0.2) is 0 Å². The number of hydrogen-bond donors (Lipinski definition) is 3. The summed E-state index contributed by atoms with van der Waals surface area (Å²) in [5, 5.41) is 3.55. The molecule has 0 spiro atoms. The number of nitrogens with one attached hydrogen (secondary N) is 2. The van der Waals surface area contributed by atoms with Crippen LogP contribution in [-0.4, -0.2) is 41.0 Å². The van der Waals surface area contributed by atoms with Crippen molar-refractivity contribution >= 4 is 11.6 Å². The third-order valence-corrected chi connectivity index (χ3v) is 3.85. The first-order chi connectivity index (χ1) is 9.49. The maximum absolute atomic E-state index is 5.49. The summed E-state index contributed by atoms with van der Waals surface area (Å²) in [6.45, 7) is 8.67. The van der Waals surface area contributed by atoms with Gasteiger partial charge in [-0.25, -0.2) is 15.8 Å². The lowest BCUT2D eigenvalue weighted by Gasteiger charge is -2.35. The zero-order valence-electron chi connectivity index (χ0n) is 12.8. The fraction of sp³-hybridized carbons (Fsp3) is 0.714. The van der Waals surface area contributed by atoms with Gasteiger partial charge in [-0.3, -0.25) is 0 Å². The Hall–Kier alpha value is -1.40. The number of nitrogen functional groups attached to an aromatic ring is 1. The van der Waals surface area contributed by atoms with Gasteiger partial charge in [0, 0.05) is 24.6 Å². The van der Waals surface area contributed by atoms with Crippen LogP contribution in [0.2, 0.25) is 0 Å². The van der Waals surface area contributed by atoms with Crippen molar-refractivity contribution in [1.82, 2.24) is 14.9 Å². The van der Waals surface area contributed by atoms with Gasteiger partial charge in [-0.05, 0) is 25.9 Å². The largest absolute Gasteiger partial charge is 0.367 e. The summed E-state index contributed by atoms with van der Waals surface area (Å²) in [5.41, 5.74) is 2.62. The van der Waals surface area contributed by atoms with E-state index in [-0.39, 0.29) is 5.92 Å². The molecule has 1 aromatic rings. The van der Waals surface area contributed by atoms with Gasteiger partial charge in [0.05, 0.1) is 0 Å². The van der Waals surface area contributed by atoms with E-state index in [0.717, 1.165) is 31.2 Å². The van der Waals surface area contributed by atoms with E-state index in [0.29, 0.717) is 17.8 Å². The molecule has 0 aliphatic carbocycles. The number of aromatic nitrogens is 2. The van der Waals surface area contributed by atoms with E-state index in [1.54, 1.807) is 0 Å². The molecule has 0 saturated carbocycles. The van der Waals surface area contributed by atoms with Crippen molar-refractivity contribution in [2.24, 2.45) is 11.8 Å². The van der Waals surface area contributed by atoms with Crippen molar-refractivity contribution < 1.29 is 0 Å². The minimum Gasteiger partial charge on any atom is -0.367 e. The smallest absolute Gasteiger partial charge is 0.145 e. The Labute approximate surface area is 121 Å². The molecule has 20 heavy (non-hydrogen) atoms. The normalized spacial score (nSPS) is 23.9. The number of hydrogen-bond acceptors (Lipinski definition) is 6. The lowest BCUT2D eigenvalue weighted by molar-refractivity contribution is 0.206. The highest BCUT2D eigenvalue weighted by Gasteiger charge is 2.24. The van der Waals surface area contributed by atoms with Gasteiger partial charge in [0.2, 0.25) is 0 Å². The molecule has 6 heteroatoms. The van der Waals surface area contributed by atoms with E-state index >= 15 is 0 Å². The molecule has 1 aliphatic rings. The monoisotopic (exact) mass is 278 g/mol. The average molecular weight is 278 g/mol. The predicted octanol–water partition coefficient (Wildman–Crippen LogP) is 1.64. The topological polar surface area (TPSA) is 79.1 Å². The van der Waals surface area contributed by atoms with Crippen LogP contribution < -0.4 is 16.6 Å². The van der Waals surface area contributed by atoms with E-state index < -0.39 is 0 Å². The van der Waals surface area contributed by atoms with Crippen molar-refractivity contribution in [1.29, 1.82) is 0 Å². The summed E-state index contributed by atoms with van der Waals surface area (Å²) < 4.78 is 0. The minimum atomic E-state index is 0.277. The molecule has 2 rings (SSSR count). The highest BCUT2D eigenvalue weighted by Crippen LogP contribution is 2.22. The van der Waals surface area contributed by atoms with E-state index in [2.05, 4.69) is 53.4 Å². The first kappa shape index (κ1) is 15.0. The molecule has 1 aliphatic heterocycles. The molecule has 6 nitrogen and oxygen atoms in total. The fourth-order valence-corrected chi connectivity index (χ4v) is 2.63. The first-order valence-corrected chi connectivity index (χ1v) is 7.30. The SMILES string of the molecule is CC(C)c1nc(NN)cc(NC2CCN(C)CC2C)n1. The Kier molecular flexibility index (Phi) is 4.77. The molecule has 0 aromatic carbocycles. The van der Waals surface area contributed by atoms with E-state index in [4.69, 9.17) is 5.84 Å². The summed E-state index contributed by atoms with van der Waals surface area (Å²) in [5.74, 6) is 8.69. The van der Waals surface area contributed by atoms with Gasteiger partial charge in [0.1, 0.15) is 17.5 Å². The van der Waals surface area contributed by atoms with Crippen LogP contribution in [0, 0.1) is 5.92 Å². The molecular formula is C14H26N6. The molecule has 0 radical (unpaired) electrons. The van der Waals surface area contributed by atoms with Crippen molar-refractivity contribution in [3.8, 4) is 0 Å². The number of anilines is 2. The van der Waals surface area contributed by atoms with E-state index in [9.17, 15) is 0 Å². The Balaban J connectivity index is 2.14. The van der Waals surface area contributed by atoms with Crippen LogP contribution in [0.25, 0.3) is 0 Å². The second-order valence-electron chi connectivity index (χ2n) is 6.07. The van der Waals surface area contributed by atoms with Crippen LogP contribution in [0.5, 0.6) is 0 Å². The molecule has 1 saturated heterocycles. The van der Waals surface area contributed by atoms with Crippen molar-refractivity contribution in [3.63, 3.8) is 0 Å². The molecule has 1 fully saturated rings. The van der Waals surface area contributed by atoms with Gasteiger partial charge >= 0.3 is 0 Å². The van der Waals surface area contributed by atoms with Crippen LogP contribution >= 0.6 is 0 Å².